The van der Waals surface area contributed by atoms with E-state index in [4.69, 9.17) is 0 Å². The first-order valence-corrected chi connectivity index (χ1v) is 15.8. The minimum Gasteiger partial charge on any atom is -0.309 e. The van der Waals surface area contributed by atoms with E-state index in [0.717, 1.165) is 24.1 Å². The molecule has 9 rings (SSSR count). The molecule has 0 amide bonds. The van der Waals surface area contributed by atoms with Crippen molar-refractivity contribution in [3.63, 3.8) is 0 Å². The summed E-state index contributed by atoms with van der Waals surface area (Å²) in [6.45, 7) is 4.78. The Labute approximate surface area is 254 Å². The van der Waals surface area contributed by atoms with Crippen LogP contribution in [0.5, 0.6) is 0 Å². The maximum atomic E-state index is 10.0. The van der Waals surface area contributed by atoms with Crippen molar-refractivity contribution in [2.24, 2.45) is 0 Å². The van der Waals surface area contributed by atoms with E-state index >= 15 is 0 Å². The molecule has 0 saturated heterocycles. The highest BCUT2D eigenvalue weighted by Crippen LogP contribution is 2.56. The van der Waals surface area contributed by atoms with Gasteiger partial charge in [0.1, 0.15) is 0 Å². The van der Waals surface area contributed by atoms with Crippen LogP contribution in [-0.4, -0.2) is 4.57 Å². The number of fused-ring (bicyclic) bond motifs is 9. The van der Waals surface area contributed by atoms with Crippen LogP contribution in [0.2, 0.25) is 0 Å². The highest BCUT2D eigenvalue weighted by Gasteiger charge is 2.41. The highest BCUT2D eigenvalue weighted by atomic mass is 32.1. The average molecular weight is 569 g/mol. The molecule has 2 nitrogen and oxygen atoms in total. The van der Waals surface area contributed by atoms with Crippen molar-refractivity contribution in [3.8, 4) is 22.9 Å². The van der Waals surface area contributed by atoms with Gasteiger partial charge < -0.3 is 4.57 Å². The second-order valence-electron chi connectivity index (χ2n) is 12.3. The fraction of sp³-hybridized carbons (Fsp3) is 0.125. The van der Waals surface area contributed by atoms with Crippen LogP contribution in [0, 0.1) is 11.3 Å². The van der Waals surface area contributed by atoms with E-state index in [1.54, 1.807) is 5.57 Å². The third-order valence-corrected chi connectivity index (χ3v) is 11.1. The second-order valence-corrected chi connectivity index (χ2v) is 13.4. The zero-order chi connectivity index (χ0) is 28.9. The summed E-state index contributed by atoms with van der Waals surface area (Å²) in [5.41, 5.74) is 13.8. The highest BCUT2D eigenvalue weighted by molar-refractivity contribution is 7.21. The molecule has 2 aliphatic rings. The van der Waals surface area contributed by atoms with Crippen LogP contribution in [0.25, 0.3) is 54.3 Å². The molecule has 7 aromatic rings. The van der Waals surface area contributed by atoms with Crippen molar-refractivity contribution in [3.05, 3.63) is 142 Å². The van der Waals surface area contributed by atoms with Gasteiger partial charge in [-0.2, -0.15) is 5.26 Å². The Morgan fingerprint density at radius 2 is 1.37 bits per heavy atom. The van der Waals surface area contributed by atoms with E-state index in [2.05, 4.69) is 128 Å². The lowest BCUT2D eigenvalue weighted by Crippen LogP contribution is -2.18. The molecule has 0 aliphatic heterocycles. The lowest BCUT2D eigenvalue weighted by atomic mass is 9.77. The molecule has 2 heterocycles. The van der Waals surface area contributed by atoms with Gasteiger partial charge in [-0.25, -0.2) is 0 Å². The molecule has 0 N–H and O–H groups in total. The molecule has 0 bridgehead atoms. The summed E-state index contributed by atoms with van der Waals surface area (Å²) in [6.07, 6.45) is 2.16. The summed E-state index contributed by atoms with van der Waals surface area (Å²) in [4.78, 5) is 1.43. The van der Waals surface area contributed by atoms with Gasteiger partial charge in [-0.1, -0.05) is 98.3 Å². The van der Waals surface area contributed by atoms with Crippen molar-refractivity contribution in [2.75, 3.05) is 0 Å². The van der Waals surface area contributed by atoms with Gasteiger partial charge >= 0.3 is 0 Å². The van der Waals surface area contributed by atoms with Crippen molar-refractivity contribution < 1.29 is 0 Å². The Morgan fingerprint density at radius 3 is 2.14 bits per heavy atom. The van der Waals surface area contributed by atoms with Crippen molar-refractivity contribution in [2.45, 2.75) is 32.1 Å². The molecule has 2 aromatic heterocycles. The number of rotatable bonds is 2. The predicted octanol–water partition coefficient (Wildman–Crippen LogP) is 10.6. The number of hydrogen-bond acceptors (Lipinski definition) is 2. The van der Waals surface area contributed by atoms with Crippen LogP contribution in [0.4, 0.5) is 0 Å². The van der Waals surface area contributed by atoms with E-state index in [9.17, 15) is 5.26 Å². The van der Waals surface area contributed by atoms with Crippen LogP contribution in [0.3, 0.4) is 0 Å². The Bertz CT molecular complexity index is 2330. The van der Waals surface area contributed by atoms with E-state index < -0.39 is 0 Å². The number of aromatic nitrogens is 1. The number of benzene rings is 5. The molecule has 0 radical (unpaired) electrons. The van der Waals surface area contributed by atoms with Gasteiger partial charge in [0.15, 0.2) is 0 Å². The molecule has 0 fully saturated rings. The minimum absolute atomic E-state index is 0.0491. The second kappa shape index (κ2) is 8.80. The van der Waals surface area contributed by atoms with Crippen LogP contribution >= 0.6 is 11.3 Å². The van der Waals surface area contributed by atoms with Gasteiger partial charge in [-0.05, 0) is 70.8 Å². The number of allylic oxidation sites excluding steroid dienone is 1. The summed E-state index contributed by atoms with van der Waals surface area (Å²) < 4.78 is 3.68. The standard InChI is InChI=1S/C40H28N2S/c1-40(2)32-15-6-3-12-30(32)37-33(40)20-19-29-27-13-9-14-28(38(27)43-39(29)37)31-22-24(23-41)18-21-36(31)42-34-16-7-4-10-25(34)26-11-5-8-17-35(26)42/h3-18,21-22H,19-20H2,1-2H3. The number of nitriles is 1. The topological polar surface area (TPSA) is 28.7 Å². The maximum Gasteiger partial charge on any atom is 0.0991 e. The molecular formula is C40H28N2S. The quantitative estimate of drug-likeness (QED) is 0.204. The molecular weight excluding hydrogens is 541 g/mol. The van der Waals surface area contributed by atoms with Crippen LogP contribution in [0.1, 0.15) is 47.4 Å². The monoisotopic (exact) mass is 568 g/mol. The molecule has 3 heteroatoms. The van der Waals surface area contributed by atoms with E-state index in [0.29, 0.717) is 5.56 Å². The fourth-order valence-corrected chi connectivity index (χ4v) is 9.33. The Hall–Kier alpha value is -4.91. The smallest absolute Gasteiger partial charge is 0.0991 e. The van der Waals surface area contributed by atoms with Gasteiger partial charge in [0.25, 0.3) is 0 Å². The summed E-state index contributed by atoms with van der Waals surface area (Å²) in [5, 5.41) is 13.8. The van der Waals surface area contributed by atoms with E-state index in [1.165, 1.54) is 64.6 Å². The largest absolute Gasteiger partial charge is 0.309 e. The molecule has 0 spiro atoms. The number of hydrogen-bond donors (Lipinski definition) is 0. The van der Waals surface area contributed by atoms with Gasteiger partial charge in [0.05, 0.1) is 28.4 Å². The van der Waals surface area contributed by atoms with E-state index in [1.807, 2.05) is 17.4 Å². The summed E-state index contributed by atoms with van der Waals surface area (Å²) in [5.74, 6) is 0. The average Bonchev–Trinajstić information content (AvgIpc) is 3.67. The minimum atomic E-state index is 0.0491. The lowest BCUT2D eigenvalue weighted by molar-refractivity contribution is 0.605. The van der Waals surface area contributed by atoms with Crippen molar-refractivity contribution >= 4 is 48.8 Å². The van der Waals surface area contributed by atoms with Crippen LogP contribution < -0.4 is 0 Å². The molecule has 2 aliphatic carbocycles. The zero-order valence-electron chi connectivity index (χ0n) is 24.1. The normalized spacial score (nSPS) is 15.1. The van der Waals surface area contributed by atoms with Gasteiger partial charge in [-0.15, -0.1) is 11.3 Å². The predicted molar refractivity (Wildman–Crippen MR) is 180 cm³/mol. The van der Waals surface area contributed by atoms with Crippen LogP contribution in [-0.2, 0) is 11.8 Å². The fourth-order valence-electron chi connectivity index (χ4n) is 7.86. The van der Waals surface area contributed by atoms with Gasteiger partial charge in [0, 0.05) is 36.9 Å². The molecule has 0 atom stereocenters. The van der Waals surface area contributed by atoms with Crippen LogP contribution in [0.15, 0.2) is 115 Å². The zero-order valence-corrected chi connectivity index (χ0v) is 24.9. The Morgan fingerprint density at radius 1 is 0.698 bits per heavy atom. The van der Waals surface area contributed by atoms with Gasteiger partial charge in [0.2, 0.25) is 0 Å². The van der Waals surface area contributed by atoms with Gasteiger partial charge in [-0.3, -0.25) is 0 Å². The summed E-state index contributed by atoms with van der Waals surface area (Å²) in [7, 11) is 0. The lowest BCUT2D eigenvalue weighted by Gasteiger charge is -2.27. The molecule has 43 heavy (non-hydrogen) atoms. The summed E-state index contributed by atoms with van der Waals surface area (Å²) in [6, 6.07) is 41.6. The van der Waals surface area contributed by atoms with E-state index in [-0.39, 0.29) is 5.41 Å². The first-order chi connectivity index (χ1) is 21.1. The third kappa shape index (κ3) is 3.27. The van der Waals surface area contributed by atoms with Crippen molar-refractivity contribution in [1.82, 2.24) is 4.57 Å². The van der Waals surface area contributed by atoms with Crippen molar-refractivity contribution in [1.29, 1.82) is 5.26 Å². The number of para-hydroxylation sites is 2. The Balaban J connectivity index is 1.34. The molecule has 0 unspecified atom stereocenters. The number of nitrogens with zero attached hydrogens (tertiary/aromatic N) is 2. The molecule has 0 saturated carbocycles. The molecule has 5 aromatic carbocycles. The number of aryl methyl sites for hydroxylation is 1. The SMILES string of the molecule is CC1(C)C2=C(c3ccccc31)c1sc3c(-c4cc(C#N)ccc4-n4c5ccccc5c5ccccc54)cccc3c1CC2. The maximum absolute atomic E-state index is 10.0. The Kier molecular flexibility index (Phi) is 5.05. The summed E-state index contributed by atoms with van der Waals surface area (Å²) >= 11 is 1.94. The first-order valence-electron chi connectivity index (χ1n) is 15.0. The first kappa shape index (κ1) is 24.7. The molecule has 204 valence electrons. The third-order valence-electron chi connectivity index (χ3n) is 9.83. The number of thiophene rings is 1.